The molecule has 0 atom stereocenters. The Morgan fingerprint density at radius 3 is 1.23 bits per heavy atom. The van der Waals surface area contributed by atoms with Gasteiger partial charge in [0.25, 0.3) is 0 Å². The number of aliphatic hydroxyl groups is 2. The van der Waals surface area contributed by atoms with E-state index in [2.05, 4.69) is 20.8 Å². The zero-order valence-electron chi connectivity index (χ0n) is 18.5. The number of aromatic carboxylic acids is 2. The molecular formula is C24H32O6. The molecule has 0 unspecified atom stereocenters. The Labute approximate surface area is 177 Å². The molecule has 0 aliphatic carbocycles. The van der Waals surface area contributed by atoms with Gasteiger partial charge in [-0.25, -0.2) is 9.59 Å². The second-order valence-corrected chi connectivity index (χ2v) is 9.26. The summed E-state index contributed by atoms with van der Waals surface area (Å²) >= 11 is 0. The Bertz CT molecular complexity index is 846. The number of hydrogen-bond acceptors (Lipinski definition) is 4. The van der Waals surface area contributed by atoms with E-state index < -0.39 is 11.9 Å². The van der Waals surface area contributed by atoms with Gasteiger partial charge in [-0.1, -0.05) is 59.7 Å². The Hall–Kier alpha value is -2.70. The fourth-order valence-electron chi connectivity index (χ4n) is 2.69. The Morgan fingerprint density at radius 1 is 0.633 bits per heavy atom. The first kappa shape index (κ1) is 25.3. The molecule has 2 aromatic carbocycles. The monoisotopic (exact) mass is 416 g/mol. The molecule has 0 radical (unpaired) electrons. The SMILES string of the molecule is CC(C)(C)c1cc(C(=O)O)cc(C(=O)O)c1.CC(C)(C)c1cc(CO)cc(CO)c1. The molecule has 0 saturated heterocycles. The van der Waals surface area contributed by atoms with E-state index in [-0.39, 0.29) is 35.2 Å². The average molecular weight is 417 g/mol. The van der Waals surface area contributed by atoms with Gasteiger partial charge >= 0.3 is 11.9 Å². The topological polar surface area (TPSA) is 115 Å². The van der Waals surface area contributed by atoms with Crippen molar-refractivity contribution in [2.75, 3.05) is 0 Å². The van der Waals surface area contributed by atoms with Gasteiger partial charge in [0.1, 0.15) is 0 Å². The first-order chi connectivity index (χ1) is 13.7. The molecule has 0 aromatic heterocycles. The van der Waals surface area contributed by atoms with Crippen molar-refractivity contribution in [1.82, 2.24) is 0 Å². The summed E-state index contributed by atoms with van der Waals surface area (Å²) in [6.45, 7) is 12.1. The van der Waals surface area contributed by atoms with Gasteiger partial charge in [0.05, 0.1) is 24.3 Å². The molecule has 2 rings (SSSR count). The van der Waals surface area contributed by atoms with Crippen molar-refractivity contribution in [1.29, 1.82) is 0 Å². The van der Waals surface area contributed by atoms with E-state index in [4.69, 9.17) is 20.4 Å². The maximum atomic E-state index is 10.9. The van der Waals surface area contributed by atoms with Crippen molar-refractivity contribution in [2.45, 2.75) is 65.6 Å². The molecule has 0 heterocycles. The third kappa shape index (κ3) is 7.28. The minimum Gasteiger partial charge on any atom is -0.478 e. The molecule has 0 spiro atoms. The van der Waals surface area contributed by atoms with Crippen molar-refractivity contribution >= 4 is 11.9 Å². The maximum Gasteiger partial charge on any atom is 0.335 e. The normalized spacial score (nSPS) is 11.5. The number of carboxylic acid groups (broad SMARTS) is 2. The van der Waals surface area contributed by atoms with Crippen LogP contribution in [0.25, 0.3) is 0 Å². The van der Waals surface area contributed by atoms with Crippen LogP contribution >= 0.6 is 0 Å². The summed E-state index contributed by atoms with van der Waals surface area (Å²) in [6.07, 6.45) is 0. The third-order valence-electron chi connectivity index (χ3n) is 4.58. The van der Waals surface area contributed by atoms with Crippen LogP contribution in [0.2, 0.25) is 0 Å². The molecule has 6 nitrogen and oxygen atoms in total. The highest BCUT2D eigenvalue weighted by atomic mass is 16.4. The lowest BCUT2D eigenvalue weighted by molar-refractivity contribution is 0.0696. The summed E-state index contributed by atoms with van der Waals surface area (Å²) in [5.74, 6) is -2.23. The van der Waals surface area contributed by atoms with Crippen LogP contribution in [0.1, 0.15) is 84.5 Å². The smallest absolute Gasteiger partial charge is 0.335 e. The van der Waals surface area contributed by atoms with E-state index >= 15 is 0 Å². The summed E-state index contributed by atoms with van der Waals surface area (Å²) in [6, 6.07) is 9.98. The van der Waals surface area contributed by atoms with Crippen molar-refractivity contribution in [3.8, 4) is 0 Å². The number of benzene rings is 2. The molecule has 0 aliphatic rings. The van der Waals surface area contributed by atoms with E-state index in [1.54, 1.807) is 0 Å². The molecule has 0 fully saturated rings. The fourth-order valence-corrected chi connectivity index (χ4v) is 2.69. The molecule has 0 amide bonds. The molecule has 2 aromatic rings. The van der Waals surface area contributed by atoms with Gasteiger partial charge < -0.3 is 20.4 Å². The van der Waals surface area contributed by atoms with Crippen LogP contribution in [0.15, 0.2) is 36.4 Å². The van der Waals surface area contributed by atoms with Crippen molar-refractivity contribution in [2.24, 2.45) is 0 Å². The van der Waals surface area contributed by atoms with Gasteiger partial charge in [-0.15, -0.1) is 0 Å². The first-order valence-electron chi connectivity index (χ1n) is 9.66. The number of hydrogen-bond donors (Lipinski definition) is 4. The van der Waals surface area contributed by atoms with Crippen LogP contribution in [0.5, 0.6) is 0 Å². The van der Waals surface area contributed by atoms with E-state index in [1.807, 2.05) is 39.0 Å². The highest BCUT2D eigenvalue weighted by molar-refractivity contribution is 5.94. The number of carbonyl (C=O) groups is 2. The quantitative estimate of drug-likeness (QED) is 0.589. The van der Waals surface area contributed by atoms with Crippen molar-refractivity contribution < 1.29 is 30.0 Å². The van der Waals surface area contributed by atoms with Gasteiger partial charge in [-0.3, -0.25) is 0 Å². The molecule has 0 saturated carbocycles. The van der Waals surface area contributed by atoms with Crippen LogP contribution in [-0.2, 0) is 24.0 Å². The Morgan fingerprint density at radius 2 is 0.967 bits per heavy atom. The van der Waals surface area contributed by atoms with Gasteiger partial charge in [0.2, 0.25) is 0 Å². The second-order valence-electron chi connectivity index (χ2n) is 9.26. The second kappa shape index (κ2) is 9.87. The third-order valence-corrected chi connectivity index (χ3v) is 4.58. The van der Waals surface area contributed by atoms with Gasteiger partial charge in [-0.05, 0) is 51.3 Å². The molecule has 0 aliphatic heterocycles. The minimum atomic E-state index is -1.12. The van der Waals surface area contributed by atoms with E-state index in [0.717, 1.165) is 16.7 Å². The van der Waals surface area contributed by atoms with E-state index in [9.17, 15) is 9.59 Å². The summed E-state index contributed by atoms with van der Waals surface area (Å²) in [5, 5.41) is 35.9. The van der Waals surface area contributed by atoms with E-state index in [0.29, 0.717) is 5.56 Å². The number of rotatable bonds is 4. The highest BCUT2D eigenvalue weighted by Crippen LogP contribution is 2.25. The number of aliphatic hydroxyl groups excluding tert-OH is 2. The first-order valence-corrected chi connectivity index (χ1v) is 9.66. The van der Waals surface area contributed by atoms with Crippen LogP contribution < -0.4 is 0 Å². The van der Waals surface area contributed by atoms with Crippen LogP contribution in [-0.4, -0.2) is 32.4 Å². The highest BCUT2D eigenvalue weighted by Gasteiger charge is 2.19. The molecule has 164 valence electrons. The summed E-state index contributed by atoms with van der Waals surface area (Å²) in [4.78, 5) is 21.7. The predicted molar refractivity (Wildman–Crippen MR) is 116 cm³/mol. The summed E-state index contributed by atoms with van der Waals surface area (Å²) in [7, 11) is 0. The van der Waals surface area contributed by atoms with Crippen molar-refractivity contribution in [3.05, 3.63) is 69.8 Å². The average Bonchev–Trinajstić information content (AvgIpc) is 2.66. The standard InChI is InChI=1S/C12H14O4.C12H18O2/c1-12(2,3)9-5-7(10(13)14)4-8(6-9)11(15)16;1-12(2,3)11-5-9(7-13)4-10(6-11)8-14/h4-6H,1-3H3,(H,13,14)(H,15,16);4-6,13-14H,7-8H2,1-3H3. The van der Waals surface area contributed by atoms with E-state index in [1.165, 1.54) is 18.2 Å². The molecule has 4 N–H and O–H groups in total. The van der Waals surface area contributed by atoms with Gasteiger partial charge in [0.15, 0.2) is 0 Å². The lowest BCUT2D eigenvalue weighted by Crippen LogP contribution is -2.14. The zero-order chi connectivity index (χ0) is 23.3. The Balaban J connectivity index is 0.000000303. The van der Waals surface area contributed by atoms with Crippen LogP contribution in [0.3, 0.4) is 0 Å². The van der Waals surface area contributed by atoms with Crippen LogP contribution in [0, 0.1) is 0 Å². The molecule has 30 heavy (non-hydrogen) atoms. The predicted octanol–water partition coefficient (Wildman–Crippen LogP) is 4.35. The molecule has 6 heteroatoms. The minimum absolute atomic E-state index is 0.00447. The lowest BCUT2D eigenvalue weighted by atomic mass is 9.85. The maximum absolute atomic E-state index is 10.9. The zero-order valence-corrected chi connectivity index (χ0v) is 18.5. The largest absolute Gasteiger partial charge is 0.478 e. The summed E-state index contributed by atoms with van der Waals surface area (Å²) in [5.41, 5.74) is 3.35. The molecular weight excluding hydrogens is 384 g/mol. The Kier molecular flexibility index (Phi) is 8.34. The lowest BCUT2D eigenvalue weighted by Gasteiger charge is -2.20. The van der Waals surface area contributed by atoms with Gasteiger partial charge in [-0.2, -0.15) is 0 Å². The van der Waals surface area contributed by atoms with Crippen molar-refractivity contribution in [3.63, 3.8) is 0 Å². The fraction of sp³-hybridized carbons (Fsp3) is 0.417. The van der Waals surface area contributed by atoms with Gasteiger partial charge in [0, 0.05) is 0 Å². The molecule has 0 bridgehead atoms. The number of carboxylic acids is 2. The summed E-state index contributed by atoms with van der Waals surface area (Å²) < 4.78 is 0. The van der Waals surface area contributed by atoms with Crippen LogP contribution in [0.4, 0.5) is 0 Å².